The first-order valence-electron chi connectivity index (χ1n) is 8.49. The van der Waals surface area contributed by atoms with Crippen LogP contribution in [-0.4, -0.2) is 34.1 Å². The number of halogens is 1. The van der Waals surface area contributed by atoms with Crippen LogP contribution in [0.15, 0.2) is 53.7 Å². The second-order valence-corrected chi connectivity index (χ2v) is 7.10. The lowest BCUT2D eigenvalue weighted by Crippen LogP contribution is -2.01. The zero-order valence-electron chi connectivity index (χ0n) is 15.0. The molecule has 0 aliphatic heterocycles. The van der Waals surface area contributed by atoms with Crippen LogP contribution < -0.4 is 9.47 Å². The molecule has 27 heavy (non-hydrogen) atoms. The number of methoxy groups -OCH3 is 1. The van der Waals surface area contributed by atoms with E-state index >= 15 is 0 Å². The molecule has 0 aliphatic rings. The maximum Gasteiger partial charge on any atom is 0.196 e. The number of aromatic nitrogens is 3. The molecule has 7 heteroatoms. The minimum Gasteiger partial charge on any atom is -0.497 e. The third-order valence-electron chi connectivity index (χ3n) is 4.27. The SMILES string of the molecule is COc1ccc2c(C)cc3nnc(SCCOc4ccc(F)cc4)n3c2c1. The number of pyridine rings is 1. The monoisotopic (exact) mass is 383 g/mol. The van der Waals surface area contributed by atoms with Gasteiger partial charge in [0, 0.05) is 17.2 Å². The third-order valence-corrected chi connectivity index (χ3v) is 5.16. The molecule has 0 spiro atoms. The van der Waals surface area contributed by atoms with E-state index < -0.39 is 0 Å². The fourth-order valence-electron chi connectivity index (χ4n) is 2.95. The van der Waals surface area contributed by atoms with Gasteiger partial charge in [0.1, 0.15) is 17.3 Å². The fraction of sp³-hybridized carbons (Fsp3) is 0.200. The maximum absolute atomic E-state index is 12.9. The van der Waals surface area contributed by atoms with Gasteiger partial charge in [-0.2, -0.15) is 0 Å². The van der Waals surface area contributed by atoms with E-state index in [-0.39, 0.29) is 5.82 Å². The Labute approximate surface area is 160 Å². The van der Waals surface area contributed by atoms with Crippen LogP contribution >= 0.6 is 11.8 Å². The average molecular weight is 383 g/mol. The molecule has 0 saturated heterocycles. The van der Waals surface area contributed by atoms with Crippen molar-refractivity contribution < 1.29 is 13.9 Å². The van der Waals surface area contributed by atoms with Gasteiger partial charge in [-0.05, 0) is 55.0 Å². The number of rotatable bonds is 6. The fourth-order valence-corrected chi connectivity index (χ4v) is 3.72. The summed E-state index contributed by atoms with van der Waals surface area (Å²) in [7, 11) is 1.66. The Hall–Kier alpha value is -2.80. The van der Waals surface area contributed by atoms with E-state index in [1.165, 1.54) is 12.1 Å². The number of hydrogen-bond donors (Lipinski definition) is 0. The molecule has 0 bridgehead atoms. The van der Waals surface area contributed by atoms with Gasteiger partial charge in [-0.15, -0.1) is 10.2 Å². The van der Waals surface area contributed by atoms with E-state index in [0.717, 1.165) is 33.0 Å². The molecule has 0 radical (unpaired) electrons. The molecule has 0 N–H and O–H groups in total. The standard InChI is InChI=1S/C20H18FN3O2S/c1-13-11-19-22-23-20(24(19)18-12-16(25-2)7-8-17(13)18)27-10-9-26-15-5-3-14(21)4-6-15/h3-8,11-12H,9-10H2,1-2H3. The molecule has 0 atom stereocenters. The van der Waals surface area contributed by atoms with Crippen molar-refractivity contribution in [2.24, 2.45) is 0 Å². The van der Waals surface area contributed by atoms with Crippen LogP contribution in [0.1, 0.15) is 5.56 Å². The molecule has 2 aromatic heterocycles. The molecule has 0 aliphatic carbocycles. The first kappa shape index (κ1) is 17.6. The number of hydrogen-bond acceptors (Lipinski definition) is 5. The summed E-state index contributed by atoms with van der Waals surface area (Å²) in [5.41, 5.74) is 2.95. The molecule has 138 valence electrons. The highest BCUT2D eigenvalue weighted by atomic mass is 32.2. The summed E-state index contributed by atoms with van der Waals surface area (Å²) in [4.78, 5) is 0. The van der Waals surface area contributed by atoms with Gasteiger partial charge >= 0.3 is 0 Å². The van der Waals surface area contributed by atoms with E-state index in [9.17, 15) is 4.39 Å². The highest BCUT2D eigenvalue weighted by Gasteiger charge is 2.12. The van der Waals surface area contributed by atoms with E-state index in [1.54, 1.807) is 31.0 Å². The molecule has 4 aromatic rings. The van der Waals surface area contributed by atoms with Gasteiger partial charge < -0.3 is 9.47 Å². The minimum atomic E-state index is -0.274. The normalized spacial score (nSPS) is 11.2. The van der Waals surface area contributed by atoms with Crippen LogP contribution in [0, 0.1) is 12.7 Å². The summed E-state index contributed by atoms with van der Waals surface area (Å²) < 4.78 is 26.0. The topological polar surface area (TPSA) is 48.7 Å². The van der Waals surface area contributed by atoms with Crippen LogP contribution in [0.3, 0.4) is 0 Å². The first-order valence-corrected chi connectivity index (χ1v) is 9.48. The van der Waals surface area contributed by atoms with Crippen molar-refractivity contribution in [2.75, 3.05) is 19.5 Å². The zero-order valence-corrected chi connectivity index (χ0v) is 15.8. The van der Waals surface area contributed by atoms with E-state index in [1.807, 2.05) is 22.6 Å². The quantitative estimate of drug-likeness (QED) is 0.362. The highest BCUT2D eigenvalue weighted by Crippen LogP contribution is 2.28. The van der Waals surface area contributed by atoms with Crippen LogP contribution in [0.25, 0.3) is 16.6 Å². The molecular formula is C20H18FN3O2S. The number of benzene rings is 2. The lowest BCUT2D eigenvalue weighted by molar-refractivity contribution is 0.343. The van der Waals surface area contributed by atoms with Crippen molar-refractivity contribution in [3.05, 3.63) is 59.9 Å². The summed E-state index contributed by atoms with van der Waals surface area (Å²) in [5, 5.41) is 10.6. The molecule has 5 nitrogen and oxygen atoms in total. The second-order valence-electron chi connectivity index (χ2n) is 6.04. The summed E-state index contributed by atoms with van der Waals surface area (Å²) in [5.74, 6) is 1.86. The van der Waals surface area contributed by atoms with Gasteiger partial charge in [0.05, 0.1) is 19.2 Å². The van der Waals surface area contributed by atoms with Crippen LogP contribution in [0.2, 0.25) is 0 Å². The molecule has 0 amide bonds. The smallest absolute Gasteiger partial charge is 0.196 e. The van der Waals surface area contributed by atoms with Gasteiger partial charge in [0.2, 0.25) is 0 Å². The average Bonchev–Trinajstić information content (AvgIpc) is 3.09. The molecule has 4 rings (SSSR count). The Kier molecular flexibility index (Phi) is 4.85. The van der Waals surface area contributed by atoms with Crippen LogP contribution in [0.5, 0.6) is 11.5 Å². The van der Waals surface area contributed by atoms with Crippen LogP contribution in [0.4, 0.5) is 4.39 Å². The number of thioether (sulfide) groups is 1. The van der Waals surface area contributed by atoms with Gasteiger partial charge in [-0.1, -0.05) is 11.8 Å². The predicted octanol–water partition coefficient (Wildman–Crippen LogP) is 4.51. The maximum atomic E-state index is 12.9. The summed E-state index contributed by atoms with van der Waals surface area (Å²) in [6.07, 6.45) is 0. The number of fused-ring (bicyclic) bond motifs is 3. The molecule has 0 fully saturated rings. The van der Waals surface area contributed by atoms with Crippen molar-refractivity contribution in [2.45, 2.75) is 12.1 Å². The molecular weight excluding hydrogens is 365 g/mol. The van der Waals surface area contributed by atoms with Crippen molar-refractivity contribution in [3.8, 4) is 11.5 Å². The largest absolute Gasteiger partial charge is 0.497 e. The number of nitrogens with zero attached hydrogens (tertiary/aromatic N) is 3. The Morgan fingerprint density at radius 2 is 1.81 bits per heavy atom. The summed E-state index contributed by atoms with van der Waals surface area (Å²) >= 11 is 1.56. The first-order chi connectivity index (χ1) is 13.2. The van der Waals surface area contributed by atoms with Gasteiger partial charge in [-0.3, -0.25) is 4.40 Å². The van der Waals surface area contributed by atoms with Gasteiger partial charge in [0.15, 0.2) is 10.8 Å². The zero-order chi connectivity index (χ0) is 18.8. The van der Waals surface area contributed by atoms with E-state index in [4.69, 9.17) is 9.47 Å². The summed E-state index contributed by atoms with van der Waals surface area (Å²) in [6, 6.07) is 14.0. The second kappa shape index (κ2) is 7.44. The van der Waals surface area contributed by atoms with Gasteiger partial charge in [0.25, 0.3) is 0 Å². The van der Waals surface area contributed by atoms with Crippen molar-refractivity contribution in [1.29, 1.82) is 0 Å². The molecule has 2 heterocycles. The van der Waals surface area contributed by atoms with Crippen molar-refractivity contribution in [1.82, 2.24) is 14.6 Å². The van der Waals surface area contributed by atoms with Crippen molar-refractivity contribution >= 4 is 28.3 Å². The lowest BCUT2D eigenvalue weighted by atomic mass is 10.1. The van der Waals surface area contributed by atoms with E-state index in [0.29, 0.717) is 18.1 Å². The number of aryl methyl sites for hydroxylation is 1. The Morgan fingerprint density at radius 1 is 1.04 bits per heavy atom. The highest BCUT2D eigenvalue weighted by molar-refractivity contribution is 7.99. The molecule has 0 saturated carbocycles. The Morgan fingerprint density at radius 3 is 2.59 bits per heavy atom. The minimum absolute atomic E-state index is 0.274. The Balaban J connectivity index is 1.56. The van der Waals surface area contributed by atoms with E-state index in [2.05, 4.69) is 23.2 Å². The Bertz CT molecular complexity index is 1100. The predicted molar refractivity (Wildman–Crippen MR) is 104 cm³/mol. The van der Waals surface area contributed by atoms with Gasteiger partial charge in [-0.25, -0.2) is 4.39 Å². The van der Waals surface area contributed by atoms with Crippen molar-refractivity contribution in [3.63, 3.8) is 0 Å². The molecule has 2 aromatic carbocycles. The summed E-state index contributed by atoms with van der Waals surface area (Å²) in [6.45, 7) is 2.55. The molecule has 0 unspecified atom stereocenters. The number of ether oxygens (including phenoxy) is 2. The lowest BCUT2D eigenvalue weighted by Gasteiger charge is -2.09. The van der Waals surface area contributed by atoms with Crippen LogP contribution in [-0.2, 0) is 0 Å². The third kappa shape index (κ3) is 3.55.